The number of hydrogen-bond acceptors (Lipinski definition) is 8. The van der Waals surface area contributed by atoms with E-state index in [0.29, 0.717) is 0 Å². The van der Waals surface area contributed by atoms with Crippen molar-refractivity contribution < 1.29 is 38.5 Å². The van der Waals surface area contributed by atoms with Crippen LogP contribution < -0.4 is 0 Å². The van der Waals surface area contributed by atoms with Crippen LogP contribution in [-0.2, 0) is 23.2 Å². The monoisotopic (exact) mass is 646 g/mol. The molecule has 0 saturated carbocycles. The van der Waals surface area contributed by atoms with Crippen molar-refractivity contribution in [3.8, 4) is 0 Å². The van der Waals surface area contributed by atoms with E-state index in [0.717, 1.165) is 0 Å². The summed E-state index contributed by atoms with van der Waals surface area (Å²) in [6.45, 7) is 33.0. The van der Waals surface area contributed by atoms with Crippen molar-refractivity contribution in [3.05, 3.63) is 0 Å². The van der Waals surface area contributed by atoms with E-state index in [-0.39, 0.29) is 28.8 Å². The van der Waals surface area contributed by atoms with Gasteiger partial charge in [0.05, 0.1) is 29.8 Å². The van der Waals surface area contributed by atoms with Crippen LogP contribution in [0.2, 0.25) is 36.3 Å². The highest BCUT2D eigenvalue weighted by molar-refractivity contribution is 6.74. The number of aliphatic hydroxyl groups is 3. The molecular formula is C33H66O8Si2. The van der Waals surface area contributed by atoms with Gasteiger partial charge >= 0.3 is 5.97 Å². The minimum Gasteiger partial charge on any atom is -0.459 e. The van der Waals surface area contributed by atoms with Crippen molar-refractivity contribution in [2.45, 2.75) is 175 Å². The topological polar surface area (TPSA) is 123 Å². The first-order chi connectivity index (χ1) is 19.0. The lowest BCUT2D eigenvalue weighted by Gasteiger charge is -2.47. The van der Waals surface area contributed by atoms with E-state index in [9.17, 15) is 24.9 Å². The van der Waals surface area contributed by atoms with Crippen LogP contribution in [0.1, 0.15) is 103 Å². The van der Waals surface area contributed by atoms with Crippen LogP contribution >= 0.6 is 0 Å². The highest BCUT2D eigenvalue weighted by Gasteiger charge is 2.52. The molecule has 0 amide bonds. The summed E-state index contributed by atoms with van der Waals surface area (Å²) in [4.78, 5) is 27.8. The predicted molar refractivity (Wildman–Crippen MR) is 178 cm³/mol. The Hall–Kier alpha value is -0.626. The van der Waals surface area contributed by atoms with Gasteiger partial charge in [-0.25, -0.2) is 0 Å². The smallest absolute Gasteiger partial charge is 0.311 e. The summed E-state index contributed by atoms with van der Waals surface area (Å²) in [5.41, 5.74) is -3.56. The molecule has 0 aromatic rings. The molecule has 10 atom stereocenters. The summed E-state index contributed by atoms with van der Waals surface area (Å²) in [7, 11) is -4.87. The molecular weight excluding hydrogens is 581 g/mol. The quantitative estimate of drug-likeness (QED) is 0.230. The zero-order valence-corrected chi connectivity index (χ0v) is 32.4. The molecule has 1 aliphatic rings. The molecule has 8 nitrogen and oxygen atoms in total. The predicted octanol–water partition coefficient (Wildman–Crippen LogP) is 6.47. The Bertz CT molecular complexity index is 963. The van der Waals surface area contributed by atoms with Crippen molar-refractivity contribution in [2.24, 2.45) is 23.7 Å². The molecule has 10 heteroatoms. The Morgan fingerprint density at radius 2 is 1.26 bits per heavy atom. The Morgan fingerprint density at radius 3 is 1.65 bits per heavy atom. The minimum atomic E-state index is -2.45. The summed E-state index contributed by atoms with van der Waals surface area (Å²) in [5, 5.41) is 35.0. The number of rotatable bonds is 5. The average Bonchev–Trinajstić information content (AvgIpc) is 2.84. The van der Waals surface area contributed by atoms with E-state index in [1.165, 1.54) is 6.92 Å². The van der Waals surface area contributed by atoms with Crippen LogP contribution in [0.15, 0.2) is 0 Å². The van der Waals surface area contributed by atoms with Gasteiger partial charge in [0, 0.05) is 11.8 Å². The second-order valence-corrected chi connectivity index (χ2v) is 26.5. The third kappa shape index (κ3) is 9.01. The summed E-state index contributed by atoms with van der Waals surface area (Å²) < 4.78 is 19.6. The summed E-state index contributed by atoms with van der Waals surface area (Å²) >= 11 is 0. The Morgan fingerprint density at radius 1 is 0.837 bits per heavy atom. The van der Waals surface area contributed by atoms with Gasteiger partial charge in [-0.1, -0.05) is 69.2 Å². The van der Waals surface area contributed by atoms with E-state index in [1.54, 1.807) is 34.6 Å². The molecule has 1 rings (SSSR count). The molecule has 0 radical (unpaired) electrons. The molecule has 1 saturated heterocycles. The fraction of sp³-hybridized carbons (Fsp3) is 0.939. The Labute approximate surface area is 264 Å². The van der Waals surface area contributed by atoms with Crippen LogP contribution in [0.4, 0.5) is 0 Å². The van der Waals surface area contributed by atoms with Crippen LogP contribution in [0, 0.1) is 23.7 Å². The van der Waals surface area contributed by atoms with E-state index in [1.807, 2.05) is 6.92 Å². The van der Waals surface area contributed by atoms with Crippen molar-refractivity contribution in [3.63, 3.8) is 0 Å². The second kappa shape index (κ2) is 13.6. The fourth-order valence-electron chi connectivity index (χ4n) is 5.79. The number of esters is 1. The van der Waals surface area contributed by atoms with Crippen molar-refractivity contribution in [1.29, 1.82) is 0 Å². The van der Waals surface area contributed by atoms with Crippen LogP contribution in [-0.4, -0.2) is 79.3 Å². The van der Waals surface area contributed by atoms with E-state index >= 15 is 0 Å². The zero-order chi connectivity index (χ0) is 34.3. The maximum absolute atomic E-state index is 14.1. The largest absolute Gasteiger partial charge is 0.459 e. The molecule has 0 spiro atoms. The van der Waals surface area contributed by atoms with Gasteiger partial charge in [-0.05, 0) is 75.8 Å². The molecule has 254 valence electrons. The van der Waals surface area contributed by atoms with Gasteiger partial charge in [0.15, 0.2) is 28.0 Å². The molecule has 1 heterocycles. The van der Waals surface area contributed by atoms with Crippen LogP contribution in [0.3, 0.4) is 0 Å². The molecule has 0 bridgehead atoms. The number of Topliss-reactive ketones (excluding diaryl/α,β-unsaturated/α-hetero) is 1. The van der Waals surface area contributed by atoms with Gasteiger partial charge in [0.25, 0.3) is 0 Å². The SMILES string of the molecule is CC[C@H]1OC(=O)[C@H](C)[C@@H](O[Si](C)(C)C(C)(C)C)[C@H](C)[C@@H](O)[C@](C)(O)C[C@@H](C)[C@H](O[Si](C)(C)C(C)(C)C)[C@H](C)C(=O)[C@]1(C)O. The molecule has 43 heavy (non-hydrogen) atoms. The lowest BCUT2D eigenvalue weighted by atomic mass is 9.74. The summed E-state index contributed by atoms with van der Waals surface area (Å²) in [6, 6.07) is 0. The Balaban J connectivity index is 3.86. The molecule has 0 aromatic carbocycles. The fourth-order valence-corrected chi connectivity index (χ4v) is 8.71. The molecule has 0 aromatic heterocycles. The van der Waals surface area contributed by atoms with E-state index < -0.39 is 81.8 Å². The second-order valence-electron chi connectivity index (χ2n) is 17.0. The highest BCUT2D eigenvalue weighted by Crippen LogP contribution is 2.44. The van der Waals surface area contributed by atoms with Gasteiger partial charge in [-0.15, -0.1) is 0 Å². The maximum atomic E-state index is 14.1. The van der Waals surface area contributed by atoms with Gasteiger partial charge in [-0.2, -0.15) is 0 Å². The first-order valence-electron chi connectivity index (χ1n) is 16.2. The number of ketones is 1. The number of aliphatic hydroxyl groups excluding tert-OH is 1. The maximum Gasteiger partial charge on any atom is 0.311 e. The lowest BCUT2D eigenvalue weighted by Crippen LogP contribution is -2.59. The van der Waals surface area contributed by atoms with Gasteiger partial charge in [0.2, 0.25) is 0 Å². The normalized spacial score (nSPS) is 38.4. The van der Waals surface area contributed by atoms with Gasteiger partial charge in [0.1, 0.15) is 6.10 Å². The van der Waals surface area contributed by atoms with E-state index in [4.69, 9.17) is 13.6 Å². The van der Waals surface area contributed by atoms with Gasteiger partial charge in [-0.3, -0.25) is 9.59 Å². The van der Waals surface area contributed by atoms with Crippen LogP contribution in [0.25, 0.3) is 0 Å². The summed E-state index contributed by atoms with van der Waals surface area (Å²) in [5.74, 6) is -3.69. The molecule has 3 N–H and O–H groups in total. The number of carbonyl (C=O) groups excluding carboxylic acids is 2. The van der Waals surface area contributed by atoms with Gasteiger partial charge < -0.3 is 28.9 Å². The summed E-state index contributed by atoms with van der Waals surface area (Å²) in [6.07, 6.45) is -3.38. The average molecular weight is 647 g/mol. The number of cyclic esters (lactones) is 1. The minimum absolute atomic E-state index is 0.139. The van der Waals surface area contributed by atoms with E-state index in [2.05, 4.69) is 67.7 Å². The van der Waals surface area contributed by atoms with Crippen molar-refractivity contribution in [2.75, 3.05) is 0 Å². The molecule has 0 unspecified atom stereocenters. The molecule has 1 fully saturated rings. The number of hydrogen-bond donors (Lipinski definition) is 3. The van der Waals surface area contributed by atoms with Crippen molar-refractivity contribution in [1.82, 2.24) is 0 Å². The standard InChI is InChI=1S/C33H66O8Si2/c1-18-24-33(13,38)28(35)21(3)25(40-42(14,15)30(6,7)8)20(2)19-32(12,37)27(34)22(4)26(23(5)29(36)39-24)41-43(16,17)31(9,10)11/h20-27,34,37-38H,18-19H2,1-17H3/t20-,21+,22+,23-,24-,25+,26+,27-,32-,33-/m1/s1. The molecule has 0 aliphatic carbocycles. The van der Waals surface area contributed by atoms with Crippen molar-refractivity contribution >= 4 is 28.4 Å². The van der Waals surface area contributed by atoms with Crippen LogP contribution in [0.5, 0.6) is 0 Å². The lowest BCUT2D eigenvalue weighted by molar-refractivity contribution is -0.183. The number of carbonyl (C=O) groups is 2. The first kappa shape index (κ1) is 40.4. The third-order valence-corrected chi connectivity index (χ3v) is 19.9. The zero-order valence-electron chi connectivity index (χ0n) is 30.4. The highest BCUT2D eigenvalue weighted by atomic mass is 28.4. The molecule has 1 aliphatic heterocycles. The Kier molecular flexibility index (Phi) is 12.8. The first-order valence-corrected chi connectivity index (χ1v) is 22.0. The number of ether oxygens (including phenoxy) is 1. The third-order valence-electron chi connectivity index (χ3n) is 10.9.